The highest BCUT2D eigenvalue weighted by molar-refractivity contribution is 9.09. The molecule has 15 heavy (non-hydrogen) atoms. The molecule has 1 aromatic carbocycles. The van der Waals surface area contributed by atoms with Crippen molar-refractivity contribution in [3.05, 3.63) is 42.1 Å². The van der Waals surface area contributed by atoms with Crippen LogP contribution in [0.5, 0.6) is 0 Å². The Kier molecular flexibility index (Phi) is 2.24. The minimum atomic E-state index is 0.689. The molecule has 1 aromatic heterocycles. The van der Waals surface area contributed by atoms with Gasteiger partial charge in [-0.1, -0.05) is 40.2 Å². The number of aromatic nitrogens is 1. The average Bonchev–Trinajstić information content (AvgIpc) is 3.08. The Balaban J connectivity index is 2.00. The highest BCUT2D eigenvalue weighted by Gasteiger charge is 2.38. The molecule has 2 aromatic rings. The Morgan fingerprint density at radius 3 is 2.87 bits per heavy atom. The van der Waals surface area contributed by atoms with E-state index in [9.17, 15) is 0 Å². The number of halogens is 1. The van der Waals surface area contributed by atoms with E-state index in [2.05, 4.69) is 46.3 Å². The van der Waals surface area contributed by atoms with E-state index in [0.717, 1.165) is 16.8 Å². The normalized spacial score (nSPS) is 24.3. The predicted molar refractivity (Wildman–Crippen MR) is 66.4 cm³/mol. The van der Waals surface area contributed by atoms with Crippen LogP contribution in [0.1, 0.15) is 18.0 Å². The van der Waals surface area contributed by atoms with Crippen molar-refractivity contribution in [3.8, 4) is 0 Å². The summed E-state index contributed by atoms with van der Waals surface area (Å²) >= 11 is 3.54. The standard InChI is InChI=1S/C13H12BrN/c14-8-10-7-11(10)13-6-5-9-3-1-2-4-12(9)15-13/h1-6,10-11H,7-8H2/t10-,11+/m1/s1. The molecule has 0 unspecified atom stereocenters. The number of alkyl halides is 1. The molecule has 2 atom stereocenters. The molecule has 3 rings (SSSR count). The van der Waals surface area contributed by atoms with Crippen LogP contribution >= 0.6 is 15.9 Å². The van der Waals surface area contributed by atoms with Crippen LogP contribution in [0.2, 0.25) is 0 Å². The summed E-state index contributed by atoms with van der Waals surface area (Å²) in [4.78, 5) is 4.71. The molecule has 0 amide bonds. The van der Waals surface area contributed by atoms with Crippen molar-refractivity contribution in [1.82, 2.24) is 4.98 Å². The van der Waals surface area contributed by atoms with Crippen molar-refractivity contribution in [3.63, 3.8) is 0 Å². The third kappa shape index (κ3) is 1.67. The van der Waals surface area contributed by atoms with Crippen LogP contribution in [0.3, 0.4) is 0 Å². The van der Waals surface area contributed by atoms with Gasteiger partial charge in [-0.05, 0) is 24.5 Å². The summed E-state index contributed by atoms with van der Waals surface area (Å²) in [5.74, 6) is 1.49. The summed E-state index contributed by atoms with van der Waals surface area (Å²) in [5, 5.41) is 2.34. The third-order valence-electron chi connectivity index (χ3n) is 3.12. The number of rotatable bonds is 2. The number of fused-ring (bicyclic) bond motifs is 1. The Morgan fingerprint density at radius 1 is 1.20 bits per heavy atom. The van der Waals surface area contributed by atoms with Crippen LogP contribution in [0.15, 0.2) is 36.4 Å². The van der Waals surface area contributed by atoms with Crippen molar-refractivity contribution < 1.29 is 0 Å². The maximum Gasteiger partial charge on any atom is 0.0705 e. The van der Waals surface area contributed by atoms with Crippen molar-refractivity contribution in [2.75, 3.05) is 5.33 Å². The quantitative estimate of drug-likeness (QED) is 0.751. The third-order valence-corrected chi connectivity index (χ3v) is 3.95. The number of hydrogen-bond acceptors (Lipinski definition) is 1. The monoisotopic (exact) mass is 261 g/mol. The van der Waals surface area contributed by atoms with Crippen molar-refractivity contribution in [1.29, 1.82) is 0 Å². The molecule has 0 aliphatic heterocycles. The van der Waals surface area contributed by atoms with E-state index in [0.29, 0.717) is 5.92 Å². The lowest BCUT2D eigenvalue weighted by atomic mass is 10.1. The largest absolute Gasteiger partial charge is 0.253 e. The van der Waals surface area contributed by atoms with Crippen LogP contribution in [0.4, 0.5) is 0 Å². The first-order chi connectivity index (χ1) is 7.38. The fourth-order valence-electron chi connectivity index (χ4n) is 2.07. The first-order valence-corrected chi connectivity index (χ1v) is 6.42. The molecule has 2 heteroatoms. The van der Waals surface area contributed by atoms with Crippen LogP contribution in [-0.2, 0) is 0 Å². The topological polar surface area (TPSA) is 12.9 Å². The first kappa shape index (κ1) is 9.34. The van der Waals surface area contributed by atoms with Gasteiger partial charge in [0.05, 0.1) is 5.52 Å². The van der Waals surface area contributed by atoms with Gasteiger partial charge in [-0.25, -0.2) is 0 Å². The van der Waals surface area contributed by atoms with E-state index in [4.69, 9.17) is 4.98 Å². The second-order valence-corrected chi connectivity index (χ2v) is 4.83. The van der Waals surface area contributed by atoms with E-state index in [1.165, 1.54) is 17.5 Å². The maximum atomic E-state index is 4.71. The van der Waals surface area contributed by atoms with Gasteiger partial charge in [0.2, 0.25) is 0 Å². The van der Waals surface area contributed by atoms with Crippen LogP contribution in [-0.4, -0.2) is 10.3 Å². The minimum Gasteiger partial charge on any atom is -0.253 e. The molecule has 1 fully saturated rings. The van der Waals surface area contributed by atoms with Gasteiger partial charge in [0.1, 0.15) is 0 Å². The number of hydrogen-bond donors (Lipinski definition) is 0. The smallest absolute Gasteiger partial charge is 0.0705 e. The van der Waals surface area contributed by atoms with Crippen molar-refractivity contribution >= 4 is 26.8 Å². The zero-order chi connectivity index (χ0) is 10.3. The van der Waals surface area contributed by atoms with E-state index >= 15 is 0 Å². The molecule has 0 radical (unpaired) electrons. The van der Waals surface area contributed by atoms with Gasteiger partial charge < -0.3 is 0 Å². The zero-order valence-electron chi connectivity index (χ0n) is 8.36. The highest BCUT2D eigenvalue weighted by atomic mass is 79.9. The number of pyridine rings is 1. The summed E-state index contributed by atoms with van der Waals surface area (Å²) in [5.41, 5.74) is 2.38. The summed E-state index contributed by atoms with van der Waals surface area (Å²) in [7, 11) is 0. The lowest BCUT2D eigenvalue weighted by molar-refractivity contribution is 0.909. The van der Waals surface area contributed by atoms with Gasteiger partial charge in [-0.3, -0.25) is 4.98 Å². The molecule has 0 bridgehead atoms. The molecule has 76 valence electrons. The van der Waals surface area contributed by atoms with Crippen molar-refractivity contribution in [2.45, 2.75) is 12.3 Å². The molecule has 1 saturated carbocycles. The average molecular weight is 262 g/mol. The Labute approximate surface area is 97.7 Å². The Bertz CT molecular complexity index is 495. The van der Waals surface area contributed by atoms with E-state index in [1.54, 1.807) is 0 Å². The molecule has 1 aliphatic rings. The van der Waals surface area contributed by atoms with Crippen LogP contribution in [0, 0.1) is 5.92 Å². The molecule has 0 spiro atoms. The molecule has 0 saturated heterocycles. The summed E-state index contributed by atoms with van der Waals surface area (Å²) < 4.78 is 0. The van der Waals surface area contributed by atoms with Gasteiger partial charge >= 0.3 is 0 Å². The summed E-state index contributed by atoms with van der Waals surface area (Å²) in [6.07, 6.45) is 1.29. The molecule has 1 heterocycles. The lowest BCUT2D eigenvalue weighted by Crippen LogP contribution is -1.89. The summed E-state index contributed by atoms with van der Waals surface area (Å²) in [6, 6.07) is 12.7. The number of para-hydroxylation sites is 1. The maximum absolute atomic E-state index is 4.71. The SMILES string of the molecule is BrC[C@H]1C[C@@H]1c1ccc2ccccc2n1. The van der Waals surface area contributed by atoms with Gasteiger partial charge in [0.15, 0.2) is 0 Å². The second-order valence-electron chi connectivity index (χ2n) is 4.19. The highest BCUT2D eigenvalue weighted by Crippen LogP contribution is 2.47. The van der Waals surface area contributed by atoms with Gasteiger partial charge in [-0.2, -0.15) is 0 Å². The molecule has 1 aliphatic carbocycles. The van der Waals surface area contributed by atoms with Gasteiger partial charge in [-0.15, -0.1) is 0 Å². The number of benzene rings is 1. The zero-order valence-corrected chi connectivity index (χ0v) is 9.94. The number of nitrogens with zero attached hydrogens (tertiary/aromatic N) is 1. The fraction of sp³-hybridized carbons (Fsp3) is 0.308. The predicted octanol–water partition coefficient (Wildman–Crippen LogP) is 3.73. The summed E-state index contributed by atoms with van der Waals surface area (Å²) in [6.45, 7) is 0. The molecule has 1 nitrogen and oxygen atoms in total. The van der Waals surface area contributed by atoms with Crippen LogP contribution < -0.4 is 0 Å². The van der Waals surface area contributed by atoms with Crippen molar-refractivity contribution in [2.24, 2.45) is 5.92 Å². The lowest BCUT2D eigenvalue weighted by Gasteiger charge is -2.01. The van der Waals surface area contributed by atoms with Gasteiger partial charge in [0.25, 0.3) is 0 Å². The Hall–Kier alpha value is -0.890. The van der Waals surface area contributed by atoms with E-state index < -0.39 is 0 Å². The minimum absolute atomic E-state index is 0.689. The second kappa shape index (κ2) is 3.60. The molecular weight excluding hydrogens is 250 g/mol. The molecule has 0 N–H and O–H groups in total. The Morgan fingerprint density at radius 2 is 2.07 bits per heavy atom. The first-order valence-electron chi connectivity index (χ1n) is 5.30. The van der Waals surface area contributed by atoms with Gasteiger partial charge in [0, 0.05) is 22.3 Å². The van der Waals surface area contributed by atoms with E-state index in [-0.39, 0.29) is 0 Å². The molecular formula is C13H12BrN. The van der Waals surface area contributed by atoms with E-state index in [1.807, 2.05) is 6.07 Å². The van der Waals surface area contributed by atoms with Crippen LogP contribution in [0.25, 0.3) is 10.9 Å². The fourth-order valence-corrected chi connectivity index (χ4v) is 2.78.